The number of benzene rings is 2. The molecule has 1 amide bonds. The van der Waals surface area contributed by atoms with E-state index in [4.69, 9.17) is 11.6 Å². The Morgan fingerprint density at radius 3 is 2.37 bits per heavy atom. The Hall–Kier alpha value is -2.92. The van der Waals surface area contributed by atoms with Gasteiger partial charge in [0.2, 0.25) is 5.91 Å². The summed E-state index contributed by atoms with van der Waals surface area (Å²) in [6.45, 7) is 4.01. The van der Waals surface area contributed by atoms with Crippen LogP contribution in [0.5, 0.6) is 0 Å². The Morgan fingerprint density at radius 1 is 1.04 bits per heavy atom. The van der Waals surface area contributed by atoms with Crippen LogP contribution in [0.1, 0.15) is 11.3 Å². The second kappa shape index (κ2) is 8.18. The van der Waals surface area contributed by atoms with E-state index in [0.717, 1.165) is 22.5 Å². The first-order valence-electron chi connectivity index (χ1n) is 8.62. The number of carbonyl (C=O) groups is 1. The summed E-state index contributed by atoms with van der Waals surface area (Å²) < 4.78 is 0. The predicted octanol–water partition coefficient (Wildman–Crippen LogP) is 4.49. The van der Waals surface area contributed by atoms with Crippen LogP contribution >= 0.6 is 11.6 Å². The van der Waals surface area contributed by atoms with Gasteiger partial charge in [0, 0.05) is 34.6 Å². The van der Waals surface area contributed by atoms with Crippen LogP contribution in [0.4, 0.5) is 11.5 Å². The van der Waals surface area contributed by atoms with Crippen LogP contribution in [-0.4, -0.2) is 29.5 Å². The molecule has 0 aliphatic carbocycles. The SMILES string of the molecule is Cc1nc(-c2ccc(Cl)cc2)nc(NCC(=O)N(C)c2ccccc2)c1C. The Labute approximate surface area is 164 Å². The van der Waals surface area contributed by atoms with Crippen LogP contribution in [0.25, 0.3) is 11.4 Å². The molecule has 6 heteroatoms. The quantitative estimate of drug-likeness (QED) is 0.708. The number of nitrogens with one attached hydrogen (secondary N) is 1. The molecular formula is C21H21ClN4O. The summed E-state index contributed by atoms with van der Waals surface area (Å²) in [5.41, 5.74) is 3.50. The van der Waals surface area contributed by atoms with E-state index in [9.17, 15) is 4.79 Å². The van der Waals surface area contributed by atoms with Crippen LogP contribution in [0.2, 0.25) is 5.02 Å². The molecule has 2 aromatic carbocycles. The molecule has 0 aliphatic heterocycles. The number of amides is 1. The van der Waals surface area contributed by atoms with Crippen LogP contribution in [-0.2, 0) is 4.79 Å². The number of carbonyl (C=O) groups excluding carboxylic acids is 1. The van der Waals surface area contributed by atoms with E-state index in [-0.39, 0.29) is 12.5 Å². The van der Waals surface area contributed by atoms with Gasteiger partial charge in [-0.25, -0.2) is 9.97 Å². The molecular weight excluding hydrogens is 360 g/mol. The lowest BCUT2D eigenvalue weighted by molar-refractivity contribution is -0.116. The maximum atomic E-state index is 12.5. The number of anilines is 2. The average Bonchev–Trinajstić information content (AvgIpc) is 2.69. The highest BCUT2D eigenvalue weighted by molar-refractivity contribution is 6.30. The van der Waals surface area contributed by atoms with Crippen molar-refractivity contribution in [3.8, 4) is 11.4 Å². The Bertz CT molecular complexity index is 942. The van der Waals surface area contributed by atoms with Gasteiger partial charge in [0.1, 0.15) is 5.82 Å². The highest BCUT2D eigenvalue weighted by atomic mass is 35.5. The van der Waals surface area contributed by atoms with E-state index in [1.807, 2.05) is 56.3 Å². The Morgan fingerprint density at radius 2 is 1.70 bits per heavy atom. The molecule has 3 rings (SSSR count). The lowest BCUT2D eigenvalue weighted by atomic mass is 10.2. The van der Waals surface area contributed by atoms with Crippen LogP contribution < -0.4 is 10.2 Å². The van der Waals surface area contributed by atoms with Crippen molar-refractivity contribution in [2.24, 2.45) is 0 Å². The molecule has 0 saturated heterocycles. The maximum Gasteiger partial charge on any atom is 0.246 e. The minimum Gasteiger partial charge on any atom is -0.361 e. The van der Waals surface area contributed by atoms with Crippen molar-refractivity contribution in [3.05, 3.63) is 70.9 Å². The van der Waals surface area contributed by atoms with Crippen molar-refractivity contribution in [1.29, 1.82) is 0 Å². The lowest BCUT2D eigenvalue weighted by Gasteiger charge is -2.18. The first-order chi connectivity index (χ1) is 13.0. The fourth-order valence-corrected chi connectivity index (χ4v) is 2.73. The molecule has 5 nitrogen and oxygen atoms in total. The third-order valence-electron chi connectivity index (χ3n) is 4.42. The molecule has 138 valence electrons. The summed E-state index contributed by atoms with van der Waals surface area (Å²) in [5, 5.41) is 3.82. The number of aryl methyl sites for hydroxylation is 1. The van der Waals surface area contributed by atoms with E-state index < -0.39 is 0 Å². The molecule has 0 unspecified atom stereocenters. The number of hydrogen-bond donors (Lipinski definition) is 1. The standard InChI is InChI=1S/C21H21ClN4O/c1-14-15(2)24-21(16-9-11-17(22)12-10-16)25-20(14)23-13-19(27)26(3)18-7-5-4-6-8-18/h4-12H,13H2,1-3H3,(H,23,24,25). The first kappa shape index (κ1) is 18.9. The molecule has 1 N–H and O–H groups in total. The molecule has 1 heterocycles. The minimum atomic E-state index is -0.0510. The molecule has 0 fully saturated rings. The zero-order valence-corrected chi connectivity index (χ0v) is 16.3. The molecule has 1 aromatic heterocycles. The molecule has 0 atom stereocenters. The molecule has 0 radical (unpaired) electrons. The van der Waals surface area contributed by atoms with Gasteiger partial charge in [0.15, 0.2) is 5.82 Å². The second-order valence-electron chi connectivity index (χ2n) is 6.25. The summed E-state index contributed by atoms with van der Waals surface area (Å²) in [6, 6.07) is 16.9. The molecule has 27 heavy (non-hydrogen) atoms. The summed E-state index contributed by atoms with van der Waals surface area (Å²) in [5.74, 6) is 1.20. The molecule has 0 saturated carbocycles. The number of likely N-dealkylation sites (N-methyl/N-ethyl adjacent to an activating group) is 1. The Balaban J connectivity index is 1.78. The van der Waals surface area contributed by atoms with Gasteiger partial charge >= 0.3 is 0 Å². The van der Waals surface area contributed by atoms with Crippen molar-refractivity contribution >= 4 is 29.0 Å². The second-order valence-corrected chi connectivity index (χ2v) is 6.69. The van der Waals surface area contributed by atoms with Gasteiger partial charge < -0.3 is 10.2 Å². The van der Waals surface area contributed by atoms with Crippen LogP contribution in [0.3, 0.4) is 0 Å². The lowest BCUT2D eigenvalue weighted by Crippen LogP contribution is -2.32. The summed E-state index contributed by atoms with van der Waals surface area (Å²) in [7, 11) is 1.76. The number of para-hydroxylation sites is 1. The smallest absolute Gasteiger partial charge is 0.246 e. The van der Waals surface area contributed by atoms with E-state index in [1.165, 1.54) is 0 Å². The average molecular weight is 381 g/mol. The van der Waals surface area contributed by atoms with Gasteiger partial charge in [-0.15, -0.1) is 0 Å². The number of aromatic nitrogens is 2. The topological polar surface area (TPSA) is 58.1 Å². The van der Waals surface area contributed by atoms with Gasteiger partial charge in [-0.1, -0.05) is 29.8 Å². The highest BCUT2D eigenvalue weighted by Crippen LogP contribution is 2.23. The van der Waals surface area contributed by atoms with Gasteiger partial charge in [0.05, 0.1) is 6.54 Å². The van der Waals surface area contributed by atoms with Crippen LogP contribution in [0.15, 0.2) is 54.6 Å². The van der Waals surface area contributed by atoms with Gasteiger partial charge in [-0.2, -0.15) is 0 Å². The number of rotatable bonds is 5. The van der Waals surface area contributed by atoms with Gasteiger partial charge in [0.25, 0.3) is 0 Å². The fourth-order valence-electron chi connectivity index (χ4n) is 2.60. The monoisotopic (exact) mass is 380 g/mol. The highest BCUT2D eigenvalue weighted by Gasteiger charge is 2.14. The maximum absolute atomic E-state index is 12.5. The van der Waals surface area contributed by atoms with Gasteiger partial charge in [-0.05, 0) is 50.2 Å². The zero-order valence-electron chi connectivity index (χ0n) is 15.5. The van der Waals surface area contributed by atoms with Crippen molar-refractivity contribution in [2.75, 3.05) is 23.8 Å². The largest absolute Gasteiger partial charge is 0.361 e. The number of nitrogens with zero attached hydrogens (tertiary/aromatic N) is 3. The zero-order chi connectivity index (χ0) is 19.4. The summed E-state index contributed by atoms with van der Waals surface area (Å²) >= 11 is 5.96. The molecule has 3 aromatic rings. The third-order valence-corrected chi connectivity index (χ3v) is 4.67. The van der Waals surface area contributed by atoms with Crippen molar-refractivity contribution in [2.45, 2.75) is 13.8 Å². The first-order valence-corrected chi connectivity index (χ1v) is 9.00. The van der Waals surface area contributed by atoms with Crippen LogP contribution in [0, 0.1) is 13.8 Å². The summed E-state index contributed by atoms with van der Waals surface area (Å²) in [4.78, 5) is 23.3. The van der Waals surface area contributed by atoms with E-state index in [0.29, 0.717) is 16.7 Å². The van der Waals surface area contributed by atoms with Crippen molar-refractivity contribution in [3.63, 3.8) is 0 Å². The minimum absolute atomic E-state index is 0.0510. The van der Waals surface area contributed by atoms with E-state index >= 15 is 0 Å². The fraction of sp³-hybridized carbons (Fsp3) is 0.190. The number of halogens is 1. The van der Waals surface area contributed by atoms with E-state index in [2.05, 4.69) is 15.3 Å². The van der Waals surface area contributed by atoms with Gasteiger partial charge in [-0.3, -0.25) is 4.79 Å². The number of hydrogen-bond acceptors (Lipinski definition) is 4. The molecule has 0 bridgehead atoms. The molecule has 0 spiro atoms. The normalized spacial score (nSPS) is 10.5. The molecule has 0 aliphatic rings. The Kier molecular flexibility index (Phi) is 5.72. The predicted molar refractivity (Wildman–Crippen MR) is 110 cm³/mol. The van der Waals surface area contributed by atoms with Crippen molar-refractivity contribution in [1.82, 2.24) is 9.97 Å². The van der Waals surface area contributed by atoms with E-state index in [1.54, 1.807) is 24.1 Å². The summed E-state index contributed by atoms with van der Waals surface area (Å²) in [6.07, 6.45) is 0. The van der Waals surface area contributed by atoms with Crippen molar-refractivity contribution < 1.29 is 4.79 Å². The third kappa shape index (κ3) is 4.44.